The van der Waals surface area contributed by atoms with Gasteiger partial charge in [-0.05, 0) is 26.0 Å². The second-order valence-corrected chi connectivity index (χ2v) is 4.58. The van der Waals surface area contributed by atoms with Gasteiger partial charge in [0.1, 0.15) is 0 Å². The zero-order valence-corrected chi connectivity index (χ0v) is 12.7. The number of aromatic amines is 2. The van der Waals surface area contributed by atoms with Crippen molar-refractivity contribution < 1.29 is 0 Å². The summed E-state index contributed by atoms with van der Waals surface area (Å²) in [6.07, 6.45) is -0.333. The Bertz CT molecular complexity index is 585. The van der Waals surface area contributed by atoms with E-state index in [1.54, 1.807) is 38.1 Å². The van der Waals surface area contributed by atoms with Crippen LogP contribution in [0.1, 0.15) is 13.8 Å². The summed E-state index contributed by atoms with van der Waals surface area (Å²) in [7, 11) is 0. The summed E-state index contributed by atoms with van der Waals surface area (Å²) in [5, 5.41) is 0. The van der Waals surface area contributed by atoms with Crippen LogP contribution in [-0.4, -0.2) is 22.3 Å². The summed E-state index contributed by atoms with van der Waals surface area (Å²) in [5.74, 6) is 0. The van der Waals surface area contributed by atoms with E-state index in [-0.39, 0.29) is 23.5 Å². The summed E-state index contributed by atoms with van der Waals surface area (Å²) in [6, 6.07) is 9.58. The lowest BCUT2D eigenvalue weighted by Crippen LogP contribution is -2.25. The first-order valence-corrected chi connectivity index (χ1v) is 6.63. The van der Waals surface area contributed by atoms with Crippen LogP contribution >= 0.6 is 0 Å². The predicted octanol–water partition coefficient (Wildman–Crippen LogP) is -0.770. The van der Waals surface area contributed by atoms with Crippen molar-refractivity contribution in [1.82, 2.24) is 9.97 Å². The molecule has 0 bridgehead atoms. The van der Waals surface area contributed by atoms with E-state index in [0.717, 1.165) is 0 Å². The molecule has 8 heteroatoms. The Kier molecular flexibility index (Phi) is 9.39. The van der Waals surface area contributed by atoms with Gasteiger partial charge in [0, 0.05) is 24.5 Å². The van der Waals surface area contributed by atoms with Crippen molar-refractivity contribution >= 4 is 0 Å². The highest BCUT2D eigenvalue weighted by molar-refractivity contribution is 5.52. The largest absolute Gasteiger partial charge is 0.321 e. The summed E-state index contributed by atoms with van der Waals surface area (Å²) in [5.41, 5.74) is 20.4. The van der Waals surface area contributed by atoms with Gasteiger partial charge in [0.15, 0.2) is 0 Å². The number of nitrogens with one attached hydrogen (secondary N) is 2. The second kappa shape index (κ2) is 10.5. The quantitative estimate of drug-likeness (QED) is 0.378. The molecule has 0 aliphatic carbocycles. The van der Waals surface area contributed by atoms with Crippen molar-refractivity contribution in [2.24, 2.45) is 22.9 Å². The summed E-state index contributed by atoms with van der Waals surface area (Å²) in [4.78, 5) is 27.3. The van der Waals surface area contributed by atoms with Crippen LogP contribution in [0.3, 0.4) is 0 Å². The molecule has 0 aromatic carbocycles. The molecule has 0 unspecified atom stereocenters. The standard InChI is InChI=1S/C10H8N2O2.2C2H8N2/c13-9-5-1-3-7(11-9)8-4-2-6-10(14)12-8;2*1-2(3)4/h1-6H,(H,11,13)(H,12,14);2*2H,3-4H2,1H3. The minimum Gasteiger partial charge on any atom is -0.321 e. The van der Waals surface area contributed by atoms with Gasteiger partial charge in [0.2, 0.25) is 11.1 Å². The maximum atomic E-state index is 11.0. The Morgan fingerprint density at radius 1 is 0.727 bits per heavy atom. The molecular weight excluding hydrogens is 284 g/mol. The van der Waals surface area contributed by atoms with Gasteiger partial charge < -0.3 is 32.9 Å². The molecule has 0 fully saturated rings. The van der Waals surface area contributed by atoms with Gasteiger partial charge in [-0.1, -0.05) is 12.1 Å². The molecule has 8 nitrogen and oxygen atoms in total. The Balaban J connectivity index is 0.000000464. The zero-order chi connectivity index (χ0) is 17.1. The van der Waals surface area contributed by atoms with Gasteiger partial charge in [0.25, 0.3) is 0 Å². The Morgan fingerprint density at radius 2 is 1.00 bits per heavy atom. The molecule has 2 heterocycles. The van der Waals surface area contributed by atoms with Crippen molar-refractivity contribution in [2.45, 2.75) is 26.2 Å². The highest BCUT2D eigenvalue weighted by Gasteiger charge is 1.97. The molecule has 0 aliphatic rings. The van der Waals surface area contributed by atoms with Crippen LogP contribution in [0, 0.1) is 0 Å². The minimum atomic E-state index is -0.188. The minimum absolute atomic E-state index is 0.167. The van der Waals surface area contributed by atoms with Gasteiger partial charge in [-0.3, -0.25) is 9.59 Å². The SMILES string of the molecule is CC(N)N.CC(N)N.O=c1cccc(-c2cccc(=O)[nH]2)[nH]1. The van der Waals surface area contributed by atoms with E-state index in [4.69, 9.17) is 22.9 Å². The molecule has 122 valence electrons. The Morgan fingerprint density at radius 3 is 1.23 bits per heavy atom. The average molecular weight is 308 g/mol. The van der Waals surface area contributed by atoms with Gasteiger partial charge in [0.05, 0.1) is 11.4 Å². The first-order chi connectivity index (χ1) is 10.2. The van der Waals surface area contributed by atoms with Crippen LogP contribution in [0.15, 0.2) is 46.0 Å². The third-order valence-electron chi connectivity index (χ3n) is 1.83. The smallest absolute Gasteiger partial charge is 0.248 e. The van der Waals surface area contributed by atoms with Crippen molar-refractivity contribution in [3.8, 4) is 11.4 Å². The molecule has 0 atom stereocenters. The van der Waals surface area contributed by atoms with E-state index in [0.29, 0.717) is 11.4 Å². The number of pyridine rings is 2. The number of rotatable bonds is 1. The number of hydrogen-bond acceptors (Lipinski definition) is 6. The molecular formula is C14H24N6O2. The average Bonchev–Trinajstić information content (AvgIpc) is 2.37. The highest BCUT2D eigenvalue weighted by Crippen LogP contribution is 2.08. The maximum Gasteiger partial charge on any atom is 0.248 e. The molecule has 10 N–H and O–H groups in total. The number of nitrogens with two attached hydrogens (primary N) is 4. The van der Waals surface area contributed by atoms with E-state index in [1.807, 2.05) is 0 Å². The van der Waals surface area contributed by atoms with E-state index in [2.05, 4.69) is 9.97 Å². The van der Waals surface area contributed by atoms with Gasteiger partial charge >= 0.3 is 0 Å². The topological polar surface area (TPSA) is 170 Å². The van der Waals surface area contributed by atoms with E-state index >= 15 is 0 Å². The first-order valence-electron chi connectivity index (χ1n) is 6.63. The highest BCUT2D eigenvalue weighted by atomic mass is 16.1. The van der Waals surface area contributed by atoms with Gasteiger partial charge in [-0.15, -0.1) is 0 Å². The van der Waals surface area contributed by atoms with Crippen molar-refractivity contribution in [1.29, 1.82) is 0 Å². The van der Waals surface area contributed by atoms with Crippen LogP contribution in [0.4, 0.5) is 0 Å². The van der Waals surface area contributed by atoms with Gasteiger partial charge in [-0.25, -0.2) is 0 Å². The molecule has 0 aliphatic heterocycles. The fourth-order valence-electron chi connectivity index (χ4n) is 1.21. The molecule has 0 amide bonds. The van der Waals surface area contributed by atoms with Crippen LogP contribution in [0.5, 0.6) is 0 Å². The lowest BCUT2D eigenvalue weighted by molar-refractivity contribution is 0.790. The lowest BCUT2D eigenvalue weighted by atomic mass is 10.2. The molecule has 2 aromatic heterocycles. The molecule has 0 spiro atoms. The van der Waals surface area contributed by atoms with Crippen LogP contribution in [0.25, 0.3) is 11.4 Å². The molecule has 2 rings (SSSR count). The zero-order valence-electron chi connectivity index (χ0n) is 12.7. The lowest BCUT2D eigenvalue weighted by Gasteiger charge is -1.99. The molecule has 22 heavy (non-hydrogen) atoms. The fraction of sp³-hybridized carbons (Fsp3) is 0.286. The third-order valence-corrected chi connectivity index (χ3v) is 1.83. The van der Waals surface area contributed by atoms with Crippen LogP contribution in [-0.2, 0) is 0 Å². The van der Waals surface area contributed by atoms with Crippen molar-refractivity contribution in [3.05, 3.63) is 57.1 Å². The summed E-state index contributed by atoms with van der Waals surface area (Å²) < 4.78 is 0. The number of aromatic nitrogens is 2. The van der Waals surface area contributed by atoms with Crippen molar-refractivity contribution in [3.63, 3.8) is 0 Å². The molecule has 0 saturated carbocycles. The molecule has 0 radical (unpaired) electrons. The monoisotopic (exact) mass is 308 g/mol. The van der Waals surface area contributed by atoms with Crippen LogP contribution < -0.4 is 34.1 Å². The van der Waals surface area contributed by atoms with Gasteiger partial charge in [-0.2, -0.15) is 0 Å². The maximum absolute atomic E-state index is 11.0. The second-order valence-electron chi connectivity index (χ2n) is 4.58. The summed E-state index contributed by atoms with van der Waals surface area (Å²) in [6.45, 7) is 3.44. The molecule has 2 aromatic rings. The van der Waals surface area contributed by atoms with Crippen molar-refractivity contribution in [2.75, 3.05) is 0 Å². The normalized spacial score (nSPS) is 9.64. The first kappa shape index (κ1) is 19.7. The van der Waals surface area contributed by atoms with E-state index < -0.39 is 0 Å². The number of hydrogen-bond donors (Lipinski definition) is 6. The Labute approximate surface area is 128 Å². The predicted molar refractivity (Wildman–Crippen MR) is 88.8 cm³/mol. The summed E-state index contributed by atoms with van der Waals surface area (Å²) >= 11 is 0. The van der Waals surface area contributed by atoms with E-state index in [1.165, 1.54) is 12.1 Å². The third kappa shape index (κ3) is 10.5. The fourth-order valence-corrected chi connectivity index (χ4v) is 1.21. The van der Waals surface area contributed by atoms with Crippen LogP contribution in [0.2, 0.25) is 0 Å². The molecule has 0 saturated heterocycles. The van der Waals surface area contributed by atoms with E-state index in [9.17, 15) is 9.59 Å². The Hall–Kier alpha value is -2.26. The number of H-pyrrole nitrogens is 2.